The summed E-state index contributed by atoms with van der Waals surface area (Å²) in [5, 5.41) is 0. The molecule has 2 N–H and O–H groups in total. The van der Waals surface area contributed by atoms with Crippen molar-refractivity contribution in [2.75, 3.05) is 26.2 Å². The molecule has 0 bridgehead atoms. The van der Waals surface area contributed by atoms with Gasteiger partial charge in [0, 0.05) is 17.3 Å². The van der Waals surface area contributed by atoms with Crippen LogP contribution >= 0.6 is 0 Å². The molecule has 1 saturated heterocycles. The molecule has 0 saturated carbocycles. The van der Waals surface area contributed by atoms with Gasteiger partial charge in [-0.1, -0.05) is 29.8 Å². The van der Waals surface area contributed by atoms with Gasteiger partial charge in [0.25, 0.3) is 5.91 Å². The minimum absolute atomic E-state index is 0.0166. The number of aromatic amines is 1. The van der Waals surface area contributed by atoms with Crippen molar-refractivity contribution in [3.8, 4) is 0 Å². The molecule has 0 radical (unpaired) electrons. The van der Waals surface area contributed by atoms with Gasteiger partial charge < -0.3 is 14.8 Å². The van der Waals surface area contributed by atoms with Crippen molar-refractivity contribution in [3.63, 3.8) is 0 Å². The number of amides is 1. The molecule has 2 heterocycles. The highest BCUT2D eigenvalue weighted by atomic mass is 16.2. The third-order valence-corrected chi connectivity index (χ3v) is 4.61. The van der Waals surface area contributed by atoms with E-state index in [2.05, 4.69) is 36.2 Å². The van der Waals surface area contributed by atoms with Crippen LogP contribution in [0.3, 0.4) is 0 Å². The van der Waals surface area contributed by atoms with Crippen LogP contribution in [0.25, 0.3) is 0 Å². The number of nitrogens with one attached hydrogen (secondary N) is 2. The summed E-state index contributed by atoms with van der Waals surface area (Å²) >= 11 is 0. The molecule has 0 unspecified atom stereocenters. The molecule has 0 spiro atoms. The van der Waals surface area contributed by atoms with Crippen LogP contribution in [-0.2, 0) is 6.54 Å². The zero-order valence-corrected chi connectivity index (χ0v) is 14.3. The largest absolute Gasteiger partial charge is 0.356 e. The van der Waals surface area contributed by atoms with Crippen LogP contribution in [0.15, 0.2) is 36.5 Å². The number of nitrogens with zero attached hydrogens (tertiary/aromatic N) is 1. The van der Waals surface area contributed by atoms with E-state index >= 15 is 0 Å². The van der Waals surface area contributed by atoms with Crippen molar-refractivity contribution in [1.82, 2.24) is 9.88 Å². The number of carbonyl (C=O) groups is 2. The van der Waals surface area contributed by atoms with E-state index < -0.39 is 0 Å². The monoisotopic (exact) mass is 326 g/mol. The van der Waals surface area contributed by atoms with Gasteiger partial charge in [0.2, 0.25) is 0 Å². The number of rotatable bonds is 4. The average Bonchev–Trinajstić information content (AvgIpc) is 3.05. The lowest BCUT2D eigenvalue weighted by Gasteiger charge is -2.32. The Bertz CT molecular complexity index is 743. The van der Waals surface area contributed by atoms with Crippen LogP contribution in [0.4, 0.5) is 0 Å². The number of ketones is 1. The van der Waals surface area contributed by atoms with E-state index in [-0.39, 0.29) is 11.7 Å². The summed E-state index contributed by atoms with van der Waals surface area (Å²) in [6.45, 7) is 8.00. The maximum absolute atomic E-state index is 12.5. The van der Waals surface area contributed by atoms with Crippen LogP contribution in [0.5, 0.6) is 0 Å². The van der Waals surface area contributed by atoms with Crippen molar-refractivity contribution in [3.05, 3.63) is 58.9 Å². The third-order valence-electron chi connectivity index (χ3n) is 4.61. The number of quaternary nitrogens is 1. The Hall–Kier alpha value is -2.40. The number of Topliss-reactive ketones (excluding diaryl/α,β-unsaturated/α-hetero) is 1. The Morgan fingerprint density at radius 2 is 1.96 bits per heavy atom. The Morgan fingerprint density at radius 1 is 1.21 bits per heavy atom. The van der Waals surface area contributed by atoms with Crippen LogP contribution in [0.2, 0.25) is 0 Å². The SMILES string of the molecule is CC(=O)c1c[nH]c(C(=O)N2CC[NH+](Cc3cccc(C)c3)CC2)c1. The molecule has 1 aromatic heterocycles. The van der Waals surface area contributed by atoms with Gasteiger partial charge in [0.05, 0.1) is 26.2 Å². The summed E-state index contributed by atoms with van der Waals surface area (Å²) in [4.78, 5) is 30.2. The van der Waals surface area contributed by atoms with Crippen molar-refractivity contribution >= 4 is 11.7 Å². The lowest BCUT2D eigenvalue weighted by Crippen LogP contribution is -3.13. The van der Waals surface area contributed by atoms with Gasteiger partial charge in [-0.15, -0.1) is 0 Å². The Kier molecular flexibility index (Phi) is 4.81. The average molecular weight is 326 g/mol. The number of H-pyrrole nitrogens is 1. The first-order valence-electron chi connectivity index (χ1n) is 8.40. The van der Waals surface area contributed by atoms with E-state index in [1.807, 2.05) is 4.90 Å². The molecule has 5 nitrogen and oxygen atoms in total. The maximum atomic E-state index is 12.5. The molecule has 1 aliphatic rings. The van der Waals surface area contributed by atoms with Gasteiger partial charge in [-0.2, -0.15) is 0 Å². The molecule has 5 heteroatoms. The van der Waals surface area contributed by atoms with Crippen LogP contribution in [0, 0.1) is 6.92 Å². The van der Waals surface area contributed by atoms with Gasteiger partial charge >= 0.3 is 0 Å². The van der Waals surface area contributed by atoms with Crippen LogP contribution in [-0.4, -0.2) is 47.8 Å². The van der Waals surface area contributed by atoms with Crippen molar-refractivity contribution < 1.29 is 14.5 Å². The number of hydrogen-bond acceptors (Lipinski definition) is 2. The molecular weight excluding hydrogens is 302 g/mol. The Morgan fingerprint density at radius 3 is 2.58 bits per heavy atom. The second kappa shape index (κ2) is 7.01. The molecule has 24 heavy (non-hydrogen) atoms. The molecule has 0 aliphatic carbocycles. The number of piperazine rings is 1. The first-order valence-corrected chi connectivity index (χ1v) is 8.40. The number of benzene rings is 1. The number of aryl methyl sites for hydroxylation is 1. The first-order chi connectivity index (χ1) is 11.5. The van der Waals surface area contributed by atoms with E-state index in [0.29, 0.717) is 11.3 Å². The van der Waals surface area contributed by atoms with Crippen LogP contribution < -0.4 is 4.90 Å². The smallest absolute Gasteiger partial charge is 0.270 e. The van der Waals surface area contributed by atoms with E-state index in [4.69, 9.17) is 0 Å². The predicted octanol–water partition coefficient (Wildman–Crippen LogP) is 1.07. The van der Waals surface area contributed by atoms with Crippen molar-refractivity contribution in [2.45, 2.75) is 20.4 Å². The fraction of sp³-hybridized carbons (Fsp3) is 0.368. The predicted molar refractivity (Wildman–Crippen MR) is 92.3 cm³/mol. The van der Waals surface area contributed by atoms with Gasteiger partial charge in [-0.05, 0) is 19.9 Å². The zero-order valence-electron chi connectivity index (χ0n) is 14.3. The minimum atomic E-state index is -0.0299. The molecule has 1 amide bonds. The molecule has 1 aliphatic heterocycles. The molecule has 1 aromatic carbocycles. The minimum Gasteiger partial charge on any atom is -0.356 e. The fourth-order valence-electron chi connectivity index (χ4n) is 3.21. The van der Waals surface area contributed by atoms with E-state index in [9.17, 15) is 9.59 Å². The second-order valence-electron chi connectivity index (χ2n) is 6.57. The third kappa shape index (κ3) is 3.74. The molecule has 3 rings (SSSR count). The molecule has 126 valence electrons. The van der Waals surface area contributed by atoms with Crippen molar-refractivity contribution in [2.24, 2.45) is 0 Å². The highest BCUT2D eigenvalue weighted by Crippen LogP contribution is 2.08. The Labute approximate surface area is 142 Å². The van der Waals surface area contributed by atoms with Gasteiger partial charge in [-0.25, -0.2) is 0 Å². The molecule has 0 atom stereocenters. The molecule has 1 fully saturated rings. The summed E-state index contributed by atoms with van der Waals surface area (Å²) in [6, 6.07) is 10.3. The second-order valence-corrected chi connectivity index (χ2v) is 6.57. The van der Waals surface area contributed by atoms with Gasteiger partial charge in [0.15, 0.2) is 5.78 Å². The highest BCUT2D eigenvalue weighted by Gasteiger charge is 2.25. The molecule has 2 aromatic rings. The Balaban J connectivity index is 1.56. The van der Waals surface area contributed by atoms with Crippen molar-refractivity contribution in [1.29, 1.82) is 0 Å². The summed E-state index contributed by atoms with van der Waals surface area (Å²) in [5.74, 6) is -0.0465. The number of hydrogen-bond donors (Lipinski definition) is 2. The highest BCUT2D eigenvalue weighted by molar-refractivity contribution is 5.99. The van der Waals surface area contributed by atoms with E-state index in [0.717, 1.165) is 32.7 Å². The van der Waals surface area contributed by atoms with E-state index in [1.54, 1.807) is 12.3 Å². The summed E-state index contributed by atoms with van der Waals surface area (Å²) < 4.78 is 0. The van der Waals surface area contributed by atoms with Gasteiger partial charge in [0.1, 0.15) is 12.2 Å². The standard InChI is InChI=1S/C19H23N3O2/c1-14-4-3-5-16(10-14)13-21-6-8-22(9-7-21)19(24)18-11-17(12-20-18)15(2)23/h3-5,10-12,20H,6-9,13H2,1-2H3/p+1. The topological polar surface area (TPSA) is 57.6 Å². The lowest BCUT2D eigenvalue weighted by molar-refractivity contribution is -0.917. The van der Waals surface area contributed by atoms with Crippen LogP contribution in [0.1, 0.15) is 38.9 Å². The zero-order chi connectivity index (χ0) is 17.1. The quantitative estimate of drug-likeness (QED) is 0.826. The first kappa shape index (κ1) is 16.5. The normalized spacial score (nSPS) is 15.5. The number of aromatic nitrogens is 1. The van der Waals surface area contributed by atoms with Gasteiger partial charge in [-0.3, -0.25) is 9.59 Å². The summed E-state index contributed by atoms with van der Waals surface area (Å²) in [7, 11) is 0. The summed E-state index contributed by atoms with van der Waals surface area (Å²) in [6.07, 6.45) is 1.61. The fourth-order valence-corrected chi connectivity index (χ4v) is 3.21. The summed E-state index contributed by atoms with van der Waals surface area (Å²) in [5.41, 5.74) is 3.69. The maximum Gasteiger partial charge on any atom is 0.270 e. The van der Waals surface area contributed by atoms with E-state index in [1.165, 1.54) is 23.0 Å². The molecular formula is C19H24N3O2+. The number of carbonyl (C=O) groups excluding carboxylic acids is 2. The lowest BCUT2D eigenvalue weighted by atomic mass is 10.1.